The summed E-state index contributed by atoms with van der Waals surface area (Å²) in [6.45, 7) is 5.58. The van der Waals surface area contributed by atoms with Crippen LogP contribution in [0.5, 0.6) is 5.75 Å². The standard InChI is InChI=1S/C24H25N3O2S/c1-16(2)24(3,15-25)27-22(28)14-30-23-13-20(17-8-6-5-7-9-17)19-11-10-18(29-4)12-21(19)26-23/h5-13,16H,14H2,1-4H3,(H,27,28)/t24-/m0/s1. The van der Waals surface area contributed by atoms with Gasteiger partial charge in [0.15, 0.2) is 0 Å². The van der Waals surface area contributed by atoms with Gasteiger partial charge in [0.1, 0.15) is 11.3 Å². The Balaban J connectivity index is 1.91. The fourth-order valence-corrected chi connectivity index (χ4v) is 3.72. The van der Waals surface area contributed by atoms with Gasteiger partial charge < -0.3 is 10.1 Å². The van der Waals surface area contributed by atoms with Crippen molar-refractivity contribution in [1.82, 2.24) is 10.3 Å². The molecule has 1 N–H and O–H groups in total. The Morgan fingerprint density at radius 3 is 2.60 bits per heavy atom. The SMILES string of the molecule is COc1ccc2c(-c3ccccc3)cc(SCC(=O)N[C@@](C)(C#N)C(C)C)nc2c1. The Morgan fingerprint density at radius 2 is 1.97 bits per heavy atom. The molecule has 0 fully saturated rings. The first kappa shape index (κ1) is 21.7. The molecular formula is C24H25N3O2S. The predicted molar refractivity (Wildman–Crippen MR) is 121 cm³/mol. The van der Waals surface area contributed by atoms with Gasteiger partial charge in [-0.1, -0.05) is 55.9 Å². The van der Waals surface area contributed by atoms with Crippen LogP contribution < -0.4 is 10.1 Å². The fraction of sp³-hybridized carbons (Fsp3) is 0.292. The zero-order valence-corrected chi connectivity index (χ0v) is 18.4. The van der Waals surface area contributed by atoms with E-state index >= 15 is 0 Å². The van der Waals surface area contributed by atoms with Crippen molar-refractivity contribution in [3.05, 3.63) is 54.6 Å². The van der Waals surface area contributed by atoms with Crippen LogP contribution in [0.1, 0.15) is 20.8 Å². The van der Waals surface area contributed by atoms with E-state index in [1.54, 1.807) is 14.0 Å². The van der Waals surface area contributed by atoms with E-state index in [2.05, 4.69) is 23.5 Å². The summed E-state index contributed by atoms with van der Waals surface area (Å²) < 4.78 is 5.35. The van der Waals surface area contributed by atoms with Crippen LogP contribution in [0.3, 0.4) is 0 Å². The van der Waals surface area contributed by atoms with Crippen LogP contribution in [0.15, 0.2) is 59.6 Å². The first-order chi connectivity index (χ1) is 14.4. The summed E-state index contributed by atoms with van der Waals surface area (Å²) in [6.07, 6.45) is 0. The van der Waals surface area contributed by atoms with Gasteiger partial charge >= 0.3 is 0 Å². The molecule has 154 valence electrons. The fourth-order valence-electron chi connectivity index (χ4n) is 3.01. The minimum Gasteiger partial charge on any atom is -0.497 e. The lowest BCUT2D eigenvalue weighted by atomic mass is 9.90. The Labute approximate surface area is 181 Å². The number of fused-ring (bicyclic) bond motifs is 1. The third-order valence-electron chi connectivity index (χ3n) is 5.22. The van der Waals surface area contributed by atoms with Crippen LogP contribution in [0.25, 0.3) is 22.0 Å². The monoisotopic (exact) mass is 419 g/mol. The van der Waals surface area contributed by atoms with Gasteiger partial charge in [-0.15, -0.1) is 0 Å². The normalized spacial score (nSPS) is 12.9. The number of hydrogen-bond acceptors (Lipinski definition) is 5. The molecule has 0 saturated heterocycles. The van der Waals surface area contributed by atoms with Crippen molar-refractivity contribution in [3.63, 3.8) is 0 Å². The third kappa shape index (κ3) is 4.74. The van der Waals surface area contributed by atoms with Gasteiger partial charge in [-0.3, -0.25) is 4.79 Å². The van der Waals surface area contributed by atoms with Crippen molar-refractivity contribution in [3.8, 4) is 22.9 Å². The molecule has 0 radical (unpaired) electrons. The van der Waals surface area contributed by atoms with E-state index in [4.69, 9.17) is 9.72 Å². The largest absolute Gasteiger partial charge is 0.497 e. The van der Waals surface area contributed by atoms with Crippen LogP contribution >= 0.6 is 11.8 Å². The van der Waals surface area contributed by atoms with E-state index in [1.165, 1.54) is 11.8 Å². The lowest BCUT2D eigenvalue weighted by Gasteiger charge is -2.27. The Hall–Kier alpha value is -3.04. The number of nitriles is 1. The zero-order valence-electron chi connectivity index (χ0n) is 17.6. The number of carbonyl (C=O) groups excluding carboxylic acids is 1. The Kier molecular flexibility index (Phi) is 6.63. The highest BCUT2D eigenvalue weighted by Gasteiger charge is 2.29. The van der Waals surface area contributed by atoms with Gasteiger partial charge in [-0.25, -0.2) is 4.98 Å². The number of pyridine rings is 1. The highest BCUT2D eigenvalue weighted by atomic mass is 32.2. The van der Waals surface area contributed by atoms with Gasteiger partial charge in [0.25, 0.3) is 0 Å². The lowest BCUT2D eigenvalue weighted by Crippen LogP contribution is -2.49. The van der Waals surface area contributed by atoms with Crippen molar-refractivity contribution in [2.45, 2.75) is 31.3 Å². The first-order valence-electron chi connectivity index (χ1n) is 9.75. The molecule has 1 amide bonds. The first-order valence-corrected chi connectivity index (χ1v) is 10.7. The summed E-state index contributed by atoms with van der Waals surface area (Å²) >= 11 is 1.36. The number of thioether (sulfide) groups is 1. The van der Waals surface area contributed by atoms with Crippen molar-refractivity contribution < 1.29 is 9.53 Å². The summed E-state index contributed by atoms with van der Waals surface area (Å²) in [7, 11) is 1.63. The molecule has 3 aromatic rings. The maximum atomic E-state index is 12.5. The van der Waals surface area contributed by atoms with Gasteiger partial charge in [-0.2, -0.15) is 5.26 Å². The molecule has 0 aliphatic heterocycles. The summed E-state index contributed by atoms with van der Waals surface area (Å²) in [5.74, 6) is 0.732. The second kappa shape index (κ2) is 9.19. The molecule has 30 heavy (non-hydrogen) atoms. The molecule has 0 aliphatic carbocycles. The minimum atomic E-state index is -0.892. The Bertz CT molecular complexity index is 1090. The maximum Gasteiger partial charge on any atom is 0.231 e. The maximum absolute atomic E-state index is 12.5. The molecule has 6 heteroatoms. The molecule has 1 aromatic heterocycles. The summed E-state index contributed by atoms with van der Waals surface area (Å²) in [5.41, 5.74) is 2.05. The zero-order chi connectivity index (χ0) is 21.7. The van der Waals surface area contributed by atoms with E-state index in [0.717, 1.165) is 32.8 Å². The van der Waals surface area contributed by atoms with E-state index in [9.17, 15) is 10.1 Å². The third-order valence-corrected chi connectivity index (χ3v) is 6.13. The molecule has 0 bridgehead atoms. The van der Waals surface area contributed by atoms with Gasteiger partial charge in [0.2, 0.25) is 5.91 Å². The van der Waals surface area contributed by atoms with E-state index in [1.807, 2.05) is 56.3 Å². The average Bonchev–Trinajstić information content (AvgIpc) is 2.77. The number of nitrogens with zero attached hydrogens (tertiary/aromatic N) is 2. The number of hydrogen-bond donors (Lipinski definition) is 1. The number of nitrogens with one attached hydrogen (secondary N) is 1. The number of rotatable bonds is 7. The molecule has 2 aromatic carbocycles. The molecule has 1 heterocycles. The van der Waals surface area contributed by atoms with E-state index in [0.29, 0.717) is 0 Å². The van der Waals surface area contributed by atoms with Crippen molar-refractivity contribution in [1.29, 1.82) is 5.26 Å². The number of methoxy groups -OCH3 is 1. The van der Waals surface area contributed by atoms with Crippen molar-refractivity contribution >= 4 is 28.6 Å². The molecule has 5 nitrogen and oxygen atoms in total. The smallest absolute Gasteiger partial charge is 0.231 e. The number of aromatic nitrogens is 1. The summed E-state index contributed by atoms with van der Waals surface area (Å²) in [5, 5.41) is 14.0. The van der Waals surface area contributed by atoms with E-state index in [-0.39, 0.29) is 17.6 Å². The van der Waals surface area contributed by atoms with Crippen molar-refractivity contribution in [2.75, 3.05) is 12.9 Å². The molecule has 0 spiro atoms. The lowest BCUT2D eigenvalue weighted by molar-refractivity contribution is -0.120. The van der Waals surface area contributed by atoms with Crippen LogP contribution in [-0.2, 0) is 4.79 Å². The van der Waals surface area contributed by atoms with Gasteiger partial charge in [0.05, 0.1) is 29.5 Å². The number of carbonyl (C=O) groups is 1. The molecule has 3 rings (SSSR count). The van der Waals surface area contributed by atoms with Crippen molar-refractivity contribution in [2.24, 2.45) is 5.92 Å². The number of ether oxygens (including phenoxy) is 1. The van der Waals surface area contributed by atoms with Crippen LogP contribution in [0.2, 0.25) is 0 Å². The van der Waals surface area contributed by atoms with E-state index < -0.39 is 5.54 Å². The summed E-state index contributed by atoms with van der Waals surface area (Å²) in [4.78, 5) is 17.2. The molecule has 1 atom stereocenters. The number of amides is 1. The quantitative estimate of drug-likeness (QED) is 0.542. The van der Waals surface area contributed by atoms with Gasteiger partial charge in [0, 0.05) is 11.5 Å². The van der Waals surface area contributed by atoms with Gasteiger partial charge in [-0.05, 0) is 42.2 Å². The van der Waals surface area contributed by atoms with Crippen LogP contribution in [0.4, 0.5) is 0 Å². The topological polar surface area (TPSA) is 75.0 Å². The molecule has 0 unspecified atom stereocenters. The number of benzene rings is 2. The highest BCUT2D eigenvalue weighted by molar-refractivity contribution is 7.99. The van der Waals surface area contributed by atoms with Crippen LogP contribution in [0, 0.1) is 17.2 Å². The average molecular weight is 420 g/mol. The highest BCUT2D eigenvalue weighted by Crippen LogP contribution is 2.33. The molecule has 0 aliphatic rings. The predicted octanol–water partition coefficient (Wildman–Crippen LogP) is 5.06. The van der Waals surface area contributed by atoms with Crippen LogP contribution in [-0.4, -0.2) is 29.3 Å². The second-order valence-corrected chi connectivity index (χ2v) is 8.56. The Morgan fingerprint density at radius 1 is 1.23 bits per heavy atom. The second-order valence-electron chi connectivity index (χ2n) is 7.56. The summed E-state index contributed by atoms with van der Waals surface area (Å²) in [6, 6.07) is 20.1. The minimum absolute atomic E-state index is 0.00684. The molecule has 0 saturated carbocycles. The molecular weight excluding hydrogens is 394 g/mol.